The predicted octanol–water partition coefficient (Wildman–Crippen LogP) is 3.43. The molecule has 2 amide bonds. The molecule has 2 N–H and O–H groups in total. The van der Waals surface area contributed by atoms with Crippen LogP contribution >= 0.6 is 22.9 Å². The van der Waals surface area contributed by atoms with Crippen LogP contribution in [0.5, 0.6) is 0 Å². The summed E-state index contributed by atoms with van der Waals surface area (Å²) in [6, 6.07) is 5.85. The van der Waals surface area contributed by atoms with Crippen molar-refractivity contribution in [2.45, 2.75) is 18.9 Å². The molecule has 26 heavy (non-hydrogen) atoms. The first-order chi connectivity index (χ1) is 12.5. The molecule has 0 saturated carbocycles. The van der Waals surface area contributed by atoms with Gasteiger partial charge in [-0.2, -0.15) is 11.3 Å². The van der Waals surface area contributed by atoms with Gasteiger partial charge in [0.2, 0.25) is 0 Å². The molecule has 1 fully saturated rings. The number of carbonyl (C=O) groups is 2. The summed E-state index contributed by atoms with van der Waals surface area (Å²) in [6.45, 7) is 2.32. The number of rotatable bonds is 5. The Hall–Kier alpha value is -1.96. The van der Waals surface area contributed by atoms with E-state index in [1.807, 2.05) is 11.4 Å². The first kappa shape index (κ1) is 18.8. The highest BCUT2D eigenvalue weighted by Gasteiger charge is 2.25. The Kier molecular flexibility index (Phi) is 6.24. The number of anilines is 1. The number of amides is 2. The number of carbonyl (C=O) groups excluding carboxylic acids is 2. The van der Waals surface area contributed by atoms with Gasteiger partial charge in [0.25, 0.3) is 0 Å². The van der Waals surface area contributed by atoms with Gasteiger partial charge in [-0.3, -0.25) is 14.5 Å². The van der Waals surface area contributed by atoms with E-state index < -0.39 is 17.6 Å². The summed E-state index contributed by atoms with van der Waals surface area (Å²) >= 11 is 7.29. The zero-order valence-electron chi connectivity index (χ0n) is 14.0. The van der Waals surface area contributed by atoms with Crippen molar-refractivity contribution >= 4 is 40.4 Å². The second-order valence-corrected chi connectivity index (χ2v) is 7.30. The Balaban J connectivity index is 1.58. The first-order valence-corrected chi connectivity index (χ1v) is 9.67. The van der Waals surface area contributed by atoms with Gasteiger partial charge in [-0.05, 0) is 66.5 Å². The molecule has 1 aromatic heterocycles. The van der Waals surface area contributed by atoms with Gasteiger partial charge in [0, 0.05) is 12.2 Å². The predicted molar refractivity (Wildman–Crippen MR) is 101 cm³/mol. The number of benzene rings is 1. The smallest absolute Gasteiger partial charge is 0.313 e. The maximum absolute atomic E-state index is 13.2. The summed E-state index contributed by atoms with van der Waals surface area (Å²) in [7, 11) is 0. The standard InChI is InChI=1S/C18H19ClFN3O2S/c19-14-9-13(3-4-15(14)20)22-18(25)17(24)21-10-16(12-5-8-26-11-12)23-6-1-2-7-23/h3-5,8-9,11,16H,1-2,6-7,10H2,(H,21,24)(H,22,25). The van der Waals surface area contributed by atoms with E-state index in [2.05, 4.69) is 20.9 Å². The van der Waals surface area contributed by atoms with Crippen LogP contribution in [0, 0.1) is 5.82 Å². The fraction of sp³-hybridized carbons (Fsp3) is 0.333. The van der Waals surface area contributed by atoms with Gasteiger partial charge in [0.05, 0.1) is 11.1 Å². The first-order valence-electron chi connectivity index (χ1n) is 8.35. The summed E-state index contributed by atoms with van der Waals surface area (Å²) in [4.78, 5) is 26.5. The minimum Gasteiger partial charge on any atom is -0.346 e. The summed E-state index contributed by atoms with van der Waals surface area (Å²) in [6.07, 6.45) is 2.28. The van der Waals surface area contributed by atoms with E-state index in [1.54, 1.807) is 11.3 Å². The molecule has 1 aliphatic rings. The molecule has 8 heteroatoms. The van der Waals surface area contributed by atoms with Crippen LogP contribution in [0.2, 0.25) is 5.02 Å². The molecule has 1 aliphatic heterocycles. The van der Waals surface area contributed by atoms with Gasteiger partial charge >= 0.3 is 11.8 Å². The van der Waals surface area contributed by atoms with Crippen LogP contribution in [0.25, 0.3) is 0 Å². The van der Waals surface area contributed by atoms with Gasteiger partial charge in [0.15, 0.2) is 0 Å². The van der Waals surface area contributed by atoms with E-state index in [-0.39, 0.29) is 16.8 Å². The molecule has 2 aromatic rings. The maximum Gasteiger partial charge on any atom is 0.313 e. The largest absolute Gasteiger partial charge is 0.346 e. The third kappa shape index (κ3) is 4.60. The van der Waals surface area contributed by atoms with E-state index >= 15 is 0 Å². The third-order valence-corrected chi connectivity index (χ3v) is 5.34. The molecular formula is C18H19ClFN3O2S. The van der Waals surface area contributed by atoms with Crippen LogP contribution in [0.4, 0.5) is 10.1 Å². The number of halogens is 2. The Morgan fingerprint density at radius 2 is 2.00 bits per heavy atom. The highest BCUT2D eigenvalue weighted by atomic mass is 35.5. The van der Waals surface area contributed by atoms with Crippen LogP contribution in [-0.2, 0) is 9.59 Å². The second kappa shape index (κ2) is 8.62. The fourth-order valence-corrected chi connectivity index (χ4v) is 3.89. The molecule has 1 atom stereocenters. The lowest BCUT2D eigenvalue weighted by Crippen LogP contribution is -2.41. The Morgan fingerprint density at radius 1 is 1.23 bits per heavy atom. The number of likely N-dealkylation sites (tertiary alicyclic amines) is 1. The van der Waals surface area contributed by atoms with Gasteiger partial charge in [0.1, 0.15) is 5.82 Å². The molecule has 1 saturated heterocycles. The second-order valence-electron chi connectivity index (χ2n) is 6.11. The summed E-state index contributed by atoms with van der Waals surface area (Å²) in [5.41, 5.74) is 1.41. The van der Waals surface area contributed by atoms with E-state index in [4.69, 9.17) is 11.6 Å². The molecule has 0 aliphatic carbocycles. The lowest BCUT2D eigenvalue weighted by Gasteiger charge is -2.27. The van der Waals surface area contributed by atoms with E-state index in [1.165, 1.54) is 12.1 Å². The van der Waals surface area contributed by atoms with E-state index in [0.29, 0.717) is 6.54 Å². The molecule has 3 rings (SSSR count). The van der Waals surface area contributed by atoms with Crippen LogP contribution < -0.4 is 10.6 Å². The third-order valence-electron chi connectivity index (χ3n) is 4.35. The zero-order chi connectivity index (χ0) is 18.5. The highest BCUT2D eigenvalue weighted by Crippen LogP contribution is 2.26. The average molecular weight is 396 g/mol. The topological polar surface area (TPSA) is 61.4 Å². The molecule has 1 aromatic carbocycles. The lowest BCUT2D eigenvalue weighted by molar-refractivity contribution is -0.136. The Labute approximate surface area is 160 Å². The zero-order valence-corrected chi connectivity index (χ0v) is 15.6. The van der Waals surface area contributed by atoms with Crippen LogP contribution in [0.1, 0.15) is 24.4 Å². The van der Waals surface area contributed by atoms with Crippen molar-refractivity contribution in [3.8, 4) is 0 Å². The van der Waals surface area contributed by atoms with Crippen molar-refractivity contribution in [3.63, 3.8) is 0 Å². The normalized spacial score (nSPS) is 15.6. The van der Waals surface area contributed by atoms with Crippen LogP contribution in [0.3, 0.4) is 0 Å². The van der Waals surface area contributed by atoms with E-state index in [9.17, 15) is 14.0 Å². The molecule has 0 bridgehead atoms. The number of nitrogens with one attached hydrogen (secondary N) is 2. The molecule has 0 radical (unpaired) electrons. The quantitative estimate of drug-likeness (QED) is 0.762. The van der Waals surface area contributed by atoms with Crippen LogP contribution in [-0.4, -0.2) is 36.3 Å². The van der Waals surface area contributed by atoms with Gasteiger partial charge in [-0.1, -0.05) is 11.6 Å². The van der Waals surface area contributed by atoms with Crippen molar-refractivity contribution in [2.24, 2.45) is 0 Å². The van der Waals surface area contributed by atoms with Gasteiger partial charge < -0.3 is 10.6 Å². The van der Waals surface area contributed by atoms with Crippen molar-refractivity contribution in [1.82, 2.24) is 10.2 Å². The molecule has 2 heterocycles. The highest BCUT2D eigenvalue weighted by molar-refractivity contribution is 7.08. The molecule has 0 spiro atoms. The Morgan fingerprint density at radius 3 is 2.65 bits per heavy atom. The molecule has 1 unspecified atom stereocenters. The number of hydrogen-bond acceptors (Lipinski definition) is 4. The summed E-state index contributed by atoms with van der Waals surface area (Å²) < 4.78 is 13.2. The summed E-state index contributed by atoms with van der Waals surface area (Å²) in [5, 5.41) is 9.08. The van der Waals surface area contributed by atoms with Crippen molar-refractivity contribution in [2.75, 3.05) is 25.0 Å². The fourth-order valence-electron chi connectivity index (χ4n) is 3.01. The molecular weight excluding hydrogens is 377 g/mol. The van der Waals surface area contributed by atoms with Crippen LogP contribution in [0.15, 0.2) is 35.0 Å². The van der Waals surface area contributed by atoms with E-state index in [0.717, 1.165) is 37.6 Å². The number of thiophene rings is 1. The SMILES string of the molecule is O=C(NCC(c1ccsc1)N1CCCC1)C(=O)Nc1ccc(F)c(Cl)c1. The number of hydrogen-bond donors (Lipinski definition) is 2. The minimum absolute atomic E-state index is 0.0563. The van der Waals surface area contributed by atoms with Gasteiger partial charge in [-0.25, -0.2) is 4.39 Å². The van der Waals surface area contributed by atoms with Crippen molar-refractivity contribution < 1.29 is 14.0 Å². The molecule has 5 nitrogen and oxygen atoms in total. The van der Waals surface area contributed by atoms with Crippen molar-refractivity contribution in [3.05, 3.63) is 51.4 Å². The summed E-state index contributed by atoms with van der Waals surface area (Å²) in [5.74, 6) is -2.12. The molecule has 138 valence electrons. The lowest BCUT2D eigenvalue weighted by atomic mass is 10.1. The minimum atomic E-state index is -0.807. The average Bonchev–Trinajstić information content (AvgIpc) is 3.32. The monoisotopic (exact) mass is 395 g/mol. The van der Waals surface area contributed by atoms with Gasteiger partial charge in [-0.15, -0.1) is 0 Å². The Bertz CT molecular complexity index is 779. The number of nitrogens with zero attached hydrogens (tertiary/aromatic N) is 1. The maximum atomic E-state index is 13.2. The van der Waals surface area contributed by atoms with Crippen molar-refractivity contribution in [1.29, 1.82) is 0 Å².